The summed E-state index contributed by atoms with van der Waals surface area (Å²) < 4.78 is 37.3. The maximum Gasteiger partial charge on any atom is 0.394 e. The zero-order valence-corrected chi connectivity index (χ0v) is 14.4. The number of nitrogens with one attached hydrogen (secondary N) is 1. The van der Waals surface area contributed by atoms with Gasteiger partial charge >= 0.3 is 10.4 Å². The molecule has 1 heterocycles. The third-order valence-electron chi connectivity index (χ3n) is 2.42. The van der Waals surface area contributed by atoms with Gasteiger partial charge in [0, 0.05) is 13.1 Å². The number of ether oxygens (including phenoxy) is 1. The summed E-state index contributed by atoms with van der Waals surface area (Å²) in [5, 5.41) is 3.35. The first kappa shape index (κ1) is 25.7. The highest BCUT2D eigenvalue weighted by Gasteiger charge is 2.28. The average Bonchev–Trinajstić information content (AvgIpc) is 2.39. The summed E-state index contributed by atoms with van der Waals surface area (Å²) in [7, 11) is -4.67. The van der Waals surface area contributed by atoms with Crippen LogP contribution in [0.2, 0.25) is 0 Å². The molecule has 0 aromatic heterocycles. The second kappa shape index (κ2) is 16.1. The van der Waals surface area contributed by atoms with Crippen molar-refractivity contribution in [2.45, 2.75) is 46.1 Å². The molecule has 1 aliphatic heterocycles. The Hall–Kier alpha value is -0.290. The molecule has 1 saturated heterocycles. The zero-order chi connectivity index (χ0) is 17.4. The normalized spacial score (nSPS) is 16.2. The summed E-state index contributed by atoms with van der Waals surface area (Å²) in [5.41, 5.74) is 9.85. The second-order valence-electron chi connectivity index (χ2n) is 4.18. The lowest BCUT2D eigenvalue weighted by molar-refractivity contribution is -0.0704. The number of nitrogens with two attached hydrogens (primary N) is 2. The van der Waals surface area contributed by atoms with Crippen molar-refractivity contribution in [3.8, 4) is 0 Å². The van der Waals surface area contributed by atoms with E-state index in [-0.39, 0.29) is 5.60 Å². The molecule has 0 spiro atoms. The van der Waals surface area contributed by atoms with Crippen LogP contribution in [-0.4, -0.2) is 55.9 Å². The van der Waals surface area contributed by atoms with Gasteiger partial charge in [0.2, 0.25) is 0 Å². The molecule has 9 heteroatoms. The van der Waals surface area contributed by atoms with Gasteiger partial charge < -0.3 is 21.5 Å². The van der Waals surface area contributed by atoms with Crippen LogP contribution < -0.4 is 16.8 Å². The van der Waals surface area contributed by atoms with Gasteiger partial charge in [0.25, 0.3) is 0 Å². The Morgan fingerprint density at radius 3 is 1.57 bits per heavy atom. The van der Waals surface area contributed by atoms with Crippen molar-refractivity contribution in [1.29, 1.82) is 0 Å². The predicted molar refractivity (Wildman–Crippen MR) is 85.8 cm³/mol. The first-order valence-corrected chi connectivity index (χ1v) is 8.50. The summed E-state index contributed by atoms with van der Waals surface area (Å²) >= 11 is 0. The molecule has 132 valence electrons. The van der Waals surface area contributed by atoms with Gasteiger partial charge in [-0.15, -0.1) is 0 Å². The van der Waals surface area contributed by atoms with Gasteiger partial charge in [0.15, 0.2) is 0 Å². The fraction of sp³-hybridized carbons (Fsp3) is 1.00. The summed E-state index contributed by atoms with van der Waals surface area (Å²) in [4.78, 5) is 0. The first-order valence-electron chi connectivity index (χ1n) is 7.10. The van der Waals surface area contributed by atoms with Gasteiger partial charge in [-0.1, -0.05) is 27.7 Å². The molecule has 7 N–H and O–H groups in total. The predicted octanol–water partition coefficient (Wildman–Crippen LogP) is 0.442. The summed E-state index contributed by atoms with van der Waals surface area (Å²) in [6.45, 7) is 12.6. The lowest BCUT2D eigenvalue weighted by Crippen LogP contribution is -2.48. The van der Waals surface area contributed by atoms with Crippen molar-refractivity contribution in [1.82, 2.24) is 5.32 Å². The smallest absolute Gasteiger partial charge is 0.372 e. The Balaban J connectivity index is -0.000000249. The van der Waals surface area contributed by atoms with Crippen LogP contribution in [0.4, 0.5) is 0 Å². The molecule has 0 unspecified atom stereocenters. The lowest BCUT2D eigenvalue weighted by atomic mass is 9.96. The molecule has 1 aliphatic rings. The zero-order valence-electron chi connectivity index (χ0n) is 13.6. The maximum absolute atomic E-state index is 8.74. The number of hydrogen-bond acceptors (Lipinski definition) is 6. The number of rotatable bonds is 2. The number of morpholine rings is 1. The summed E-state index contributed by atoms with van der Waals surface area (Å²) in [6.07, 6.45) is 2.24. The van der Waals surface area contributed by atoms with Crippen LogP contribution in [0.1, 0.15) is 40.5 Å². The fourth-order valence-corrected chi connectivity index (χ4v) is 1.41. The lowest BCUT2D eigenvalue weighted by Gasteiger charge is -2.36. The van der Waals surface area contributed by atoms with Crippen LogP contribution >= 0.6 is 0 Å². The van der Waals surface area contributed by atoms with E-state index in [0.717, 1.165) is 45.6 Å². The Labute approximate surface area is 129 Å². The third kappa shape index (κ3) is 25.0. The molecular formula is C12H33N3O5S. The van der Waals surface area contributed by atoms with E-state index in [0.29, 0.717) is 0 Å². The minimum absolute atomic E-state index is 0.151. The Morgan fingerprint density at radius 2 is 1.43 bits per heavy atom. The van der Waals surface area contributed by atoms with Crippen LogP contribution in [0, 0.1) is 0 Å². The quantitative estimate of drug-likeness (QED) is 0.458. The van der Waals surface area contributed by atoms with Crippen LogP contribution in [-0.2, 0) is 15.1 Å². The molecule has 0 aromatic carbocycles. The Morgan fingerprint density at radius 1 is 1.10 bits per heavy atom. The Bertz CT molecular complexity index is 277. The van der Waals surface area contributed by atoms with Gasteiger partial charge in [-0.25, -0.2) is 0 Å². The van der Waals surface area contributed by atoms with E-state index in [1.54, 1.807) is 0 Å². The van der Waals surface area contributed by atoms with E-state index in [1.807, 2.05) is 13.8 Å². The van der Waals surface area contributed by atoms with Crippen molar-refractivity contribution in [2.24, 2.45) is 11.5 Å². The third-order valence-corrected chi connectivity index (χ3v) is 2.42. The highest BCUT2D eigenvalue weighted by atomic mass is 32.3. The van der Waals surface area contributed by atoms with Gasteiger partial charge in [-0.05, 0) is 25.9 Å². The second-order valence-corrected chi connectivity index (χ2v) is 5.08. The average molecular weight is 331 g/mol. The topological polar surface area (TPSA) is 148 Å². The van der Waals surface area contributed by atoms with Crippen LogP contribution in [0.15, 0.2) is 0 Å². The van der Waals surface area contributed by atoms with Crippen LogP contribution in [0.25, 0.3) is 0 Å². The van der Waals surface area contributed by atoms with Crippen LogP contribution in [0.3, 0.4) is 0 Å². The van der Waals surface area contributed by atoms with E-state index in [1.165, 1.54) is 0 Å². The van der Waals surface area contributed by atoms with E-state index >= 15 is 0 Å². The van der Waals surface area contributed by atoms with E-state index in [9.17, 15) is 0 Å². The first-order chi connectivity index (χ1) is 9.66. The van der Waals surface area contributed by atoms with Crippen LogP contribution in [0.5, 0.6) is 0 Å². The maximum atomic E-state index is 8.74. The number of hydrogen-bond donors (Lipinski definition) is 5. The van der Waals surface area contributed by atoms with Crippen molar-refractivity contribution < 1.29 is 22.3 Å². The molecule has 0 amide bonds. The highest BCUT2D eigenvalue weighted by molar-refractivity contribution is 7.79. The molecule has 21 heavy (non-hydrogen) atoms. The largest absolute Gasteiger partial charge is 0.394 e. The standard InChI is InChI=1S/C8H17NO.2C2H7N.H2O4S/c1-3-8(4-2)7-9-5-6-10-8;2*1-2-3;1-5(2,3)4/h9H,3-7H2,1-2H3;2*2-3H2,1H3;(H2,1,2,3,4). The van der Waals surface area contributed by atoms with E-state index in [2.05, 4.69) is 19.2 Å². The molecule has 0 radical (unpaired) electrons. The molecule has 0 saturated carbocycles. The minimum atomic E-state index is -4.67. The van der Waals surface area contributed by atoms with Gasteiger partial charge in [0.05, 0.1) is 12.2 Å². The van der Waals surface area contributed by atoms with Crippen molar-refractivity contribution in [3.05, 3.63) is 0 Å². The van der Waals surface area contributed by atoms with Gasteiger partial charge in [-0.2, -0.15) is 8.42 Å². The molecule has 0 bridgehead atoms. The molecule has 0 aromatic rings. The van der Waals surface area contributed by atoms with E-state index < -0.39 is 10.4 Å². The Kier molecular flexibility index (Phi) is 19.7. The molecule has 0 atom stereocenters. The molecule has 1 fully saturated rings. The SMILES string of the molecule is CCC1(CC)CNCCO1.CCN.CCN.O=S(=O)(O)O. The summed E-state index contributed by atoms with van der Waals surface area (Å²) in [5.74, 6) is 0. The van der Waals surface area contributed by atoms with Crippen molar-refractivity contribution >= 4 is 10.4 Å². The highest BCUT2D eigenvalue weighted by Crippen LogP contribution is 2.20. The molecular weight excluding hydrogens is 298 g/mol. The molecule has 1 rings (SSSR count). The summed E-state index contributed by atoms with van der Waals surface area (Å²) in [6, 6.07) is 0. The molecule has 0 aliphatic carbocycles. The van der Waals surface area contributed by atoms with Gasteiger partial charge in [0.1, 0.15) is 0 Å². The fourth-order valence-electron chi connectivity index (χ4n) is 1.41. The minimum Gasteiger partial charge on any atom is -0.372 e. The van der Waals surface area contributed by atoms with E-state index in [4.69, 9.17) is 33.7 Å². The monoisotopic (exact) mass is 331 g/mol. The van der Waals surface area contributed by atoms with Crippen molar-refractivity contribution in [3.63, 3.8) is 0 Å². The van der Waals surface area contributed by atoms with Crippen molar-refractivity contribution in [2.75, 3.05) is 32.8 Å². The molecule has 8 nitrogen and oxygen atoms in total. The van der Waals surface area contributed by atoms with Gasteiger partial charge in [-0.3, -0.25) is 9.11 Å².